The molecule has 0 saturated heterocycles. The summed E-state index contributed by atoms with van der Waals surface area (Å²) in [7, 11) is 2.08. The van der Waals surface area contributed by atoms with Crippen molar-refractivity contribution >= 4 is 12.7 Å². The fourth-order valence-electron chi connectivity index (χ4n) is 0.645. The van der Waals surface area contributed by atoms with Gasteiger partial charge in [-0.25, -0.2) is 0 Å². The Bertz CT molecular complexity index is 146. The first-order valence-electron chi connectivity index (χ1n) is 3.78. The molecule has 0 heterocycles. The third kappa shape index (κ3) is 3.34. The average Bonchev–Trinajstić information content (AvgIpc) is 2.10. The molecule has 10 heavy (non-hydrogen) atoms. The lowest BCUT2D eigenvalue weighted by Crippen LogP contribution is -2.07. The molecule has 0 aliphatic rings. The van der Waals surface area contributed by atoms with Crippen LogP contribution in [0.4, 0.5) is 0 Å². The van der Waals surface area contributed by atoms with E-state index in [0.29, 0.717) is 0 Å². The summed E-state index contributed by atoms with van der Waals surface area (Å²) in [6.45, 7) is 6.04. The molecule has 0 atom stereocenters. The fourth-order valence-corrected chi connectivity index (χ4v) is 0.645. The molecule has 0 unspecified atom stereocenters. The van der Waals surface area contributed by atoms with Gasteiger partial charge < -0.3 is 0 Å². The molecular weight excluding hydrogens is 119 g/mol. The lowest BCUT2D eigenvalue weighted by Gasteiger charge is -1.88. The van der Waals surface area contributed by atoms with E-state index >= 15 is 0 Å². The van der Waals surface area contributed by atoms with Gasteiger partial charge in [0, 0.05) is 0 Å². The van der Waals surface area contributed by atoms with Gasteiger partial charge in [-0.2, -0.15) is 0 Å². The number of rotatable bonds is 1. The minimum absolute atomic E-state index is 1.28. The van der Waals surface area contributed by atoms with Crippen molar-refractivity contribution in [2.75, 3.05) is 0 Å². The molecule has 0 fully saturated rings. The minimum atomic E-state index is 1.28. The van der Waals surface area contributed by atoms with Gasteiger partial charge in [0.2, 0.25) is 0 Å². The van der Waals surface area contributed by atoms with Crippen LogP contribution >= 0.6 is 0 Å². The highest BCUT2D eigenvalue weighted by atomic mass is 13.7. The molecule has 1 radical (unpaired) electrons. The quantitative estimate of drug-likeness (QED) is 0.514. The first-order chi connectivity index (χ1) is 4.93. The summed E-state index contributed by atoms with van der Waals surface area (Å²) < 4.78 is 0. The molecule has 0 aliphatic carbocycles. The predicted molar refractivity (Wildman–Crippen MR) is 49.0 cm³/mol. The predicted octanol–water partition coefficient (Wildman–Crippen LogP) is 2.09. The zero-order chi connectivity index (χ0) is 7.82. The Hall–Kier alpha value is -0.715. The van der Waals surface area contributed by atoms with Crippen LogP contribution in [0.3, 0.4) is 0 Å². The van der Waals surface area contributed by atoms with E-state index in [9.17, 15) is 0 Å². The Kier molecular flexibility index (Phi) is 5.95. The molecule has 1 rings (SSSR count). The zero-order valence-corrected chi connectivity index (χ0v) is 6.96. The van der Waals surface area contributed by atoms with E-state index in [1.165, 1.54) is 5.46 Å². The van der Waals surface area contributed by atoms with Crippen molar-refractivity contribution in [1.82, 2.24) is 0 Å². The number of benzene rings is 1. The van der Waals surface area contributed by atoms with Crippen LogP contribution in [-0.2, 0) is 0 Å². The van der Waals surface area contributed by atoms with Gasteiger partial charge in [0.25, 0.3) is 0 Å². The Labute approximate surface area is 64.5 Å². The van der Waals surface area contributed by atoms with Gasteiger partial charge in [-0.3, -0.25) is 0 Å². The standard InChI is InChI=1S/C7H8B.C2H6/c1-8-7-5-3-2-4-6-7;1-2/h2-6H,1H3;1-2H3. The molecule has 1 aromatic carbocycles. The third-order valence-electron chi connectivity index (χ3n) is 1.13. The van der Waals surface area contributed by atoms with Crippen LogP contribution in [0.15, 0.2) is 30.3 Å². The molecule has 0 aliphatic heterocycles. The van der Waals surface area contributed by atoms with Crippen LogP contribution in [0.2, 0.25) is 6.82 Å². The Balaban J connectivity index is 0.000000371. The summed E-state index contributed by atoms with van der Waals surface area (Å²) in [5.41, 5.74) is 1.28. The molecule has 0 nitrogen and oxygen atoms in total. The molecular formula is C9H14B. The highest BCUT2D eigenvalue weighted by molar-refractivity contribution is 6.51. The van der Waals surface area contributed by atoms with Crippen LogP contribution in [0.5, 0.6) is 0 Å². The Morgan fingerprint density at radius 3 is 1.80 bits per heavy atom. The van der Waals surface area contributed by atoms with E-state index in [-0.39, 0.29) is 0 Å². The minimum Gasteiger partial charge on any atom is -0.0881 e. The molecule has 0 saturated carbocycles. The van der Waals surface area contributed by atoms with Crippen LogP contribution in [0, 0.1) is 0 Å². The van der Waals surface area contributed by atoms with Gasteiger partial charge >= 0.3 is 0 Å². The van der Waals surface area contributed by atoms with E-state index in [1.807, 2.05) is 38.9 Å². The smallest absolute Gasteiger partial charge is 0.0881 e. The summed E-state index contributed by atoms with van der Waals surface area (Å²) in [4.78, 5) is 0. The molecule has 0 aromatic heterocycles. The van der Waals surface area contributed by atoms with Crippen molar-refractivity contribution in [3.63, 3.8) is 0 Å². The van der Waals surface area contributed by atoms with Gasteiger partial charge in [-0.05, 0) is 0 Å². The van der Waals surface area contributed by atoms with Crippen LogP contribution < -0.4 is 5.46 Å². The summed E-state index contributed by atoms with van der Waals surface area (Å²) in [6, 6.07) is 10.3. The van der Waals surface area contributed by atoms with Gasteiger partial charge in [0.15, 0.2) is 0 Å². The average molecular weight is 133 g/mol. The van der Waals surface area contributed by atoms with Crippen molar-refractivity contribution < 1.29 is 0 Å². The number of hydrogen-bond donors (Lipinski definition) is 0. The van der Waals surface area contributed by atoms with E-state index in [2.05, 4.69) is 19.4 Å². The van der Waals surface area contributed by atoms with Crippen molar-refractivity contribution in [2.45, 2.75) is 20.7 Å². The van der Waals surface area contributed by atoms with Gasteiger partial charge in [-0.1, -0.05) is 56.5 Å². The van der Waals surface area contributed by atoms with Crippen molar-refractivity contribution in [3.05, 3.63) is 30.3 Å². The monoisotopic (exact) mass is 133 g/mol. The molecule has 1 heteroatoms. The van der Waals surface area contributed by atoms with Crippen LogP contribution in [0.1, 0.15) is 13.8 Å². The zero-order valence-electron chi connectivity index (χ0n) is 6.96. The maximum Gasteiger partial charge on any atom is 0.148 e. The lowest BCUT2D eigenvalue weighted by molar-refractivity contribution is 1.50. The molecule has 1 aromatic rings. The van der Waals surface area contributed by atoms with Gasteiger partial charge in [0.1, 0.15) is 7.28 Å². The second kappa shape index (κ2) is 6.41. The van der Waals surface area contributed by atoms with E-state index in [4.69, 9.17) is 0 Å². The van der Waals surface area contributed by atoms with Gasteiger partial charge in [0.05, 0.1) is 0 Å². The first-order valence-corrected chi connectivity index (χ1v) is 3.78. The third-order valence-corrected chi connectivity index (χ3v) is 1.13. The fraction of sp³-hybridized carbons (Fsp3) is 0.333. The topological polar surface area (TPSA) is 0 Å². The van der Waals surface area contributed by atoms with E-state index in [0.717, 1.165) is 0 Å². The van der Waals surface area contributed by atoms with E-state index in [1.54, 1.807) is 0 Å². The molecule has 53 valence electrons. The summed E-state index contributed by atoms with van der Waals surface area (Å²) >= 11 is 0. The normalized spacial score (nSPS) is 7.50. The van der Waals surface area contributed by atoms with Crippen molar-refractivity contribution in [2.24, 2.45) is 0 Å². The van der Waals surface area contributed by atoms with Gasteiger partial charge in [-0.15, -0.1) is 0 Å². The summed E-state index contributed by atoms with van der Waals surface area (Å²) in [6.07, 6.45) is 0. The van der Waals surface area contributed by atoms with Crippen molar-refractivity contribution in [1.29, 1.82) is 0 Å². The maximum atomic E-state index is 2.08. The van der Waals surface area contributed by atoms with Crippen molar-refractivity contribution in [3.8, 4) is 0 Å². The van der Waals surface area contributed by atoms with Crippen LogP contribution in [0.25, 0.3) is 0 Å². The second-order valence-corrected chi connectivity index (χ2v) is 1.70. The number of hydrogen-bond acceptors (Lipinski definition) is 0. The second-order valence-electron chi connectivity index (χ2n) is 1.70. The van der Waals surface area contributed by atoms with E-state index < -0.39 is 0 Å². The Morgan fingerprint density at radius 2 is 1.50 bits per heavy atom. The van der Waals surface area contributed by atoms with Crippen LogP contribution in [-0.4, -0.2) is 7.28 Å². The lowest BCUT2D eigenvalue weighted by atomic mass is 9.74. The molecule has 0 bridgehead atoms. The first kappa shape index (κ1) is 9.28. The molecule has 0 amide bonds. The summed E-state index contributed by atoms with van der Waals surface area (Å²) in [5.74, 6) is 0. The maximum absolute atomic E-state index is 2.08. The SMILES string of the molecule is CC.C[B]c1ccccc1. The Morgan fingerprint density at radius 1 is 1.00 bits per heavy atom. The highest BCUT2D eigenvalue weighted by Crippen LogP contribution is 1.79. The molecule has 0 spiro atoms. The summed E-state index contributed by atoms with van der Waals surface area (Å²) in [5, 5.41) is 0. The molecule has 0 N–H and O–H groups in total. The highest BCUT2D eigenvalue weighted by Gasteiger charge is 1.82. The largest absolute Gasteiger partial charge is 0.148 e.